The number of methoxy groups -OCH3 is 1. The lowest BCUT2D eigenvalue weighted by Crippen LogP contribution is -2.54. The van der Waals surface area contributed by atoms with Gasteiger partial charge in [-0.25, -0.2) is 13.6 Å². The van der Waals surface area contributed by atoms with Crippen LogP contribution in [0.1, 0.15) is 69.8 Å². The van der Waals surface area contributed by atoms with Gasteiger partial charge in [-0.2, -0.15) is 0 Å². The van der Waals surface area contributed by atoms with Gasteiger partial charge in [0.2, 0.25) is 0 Å². The average Bonchev–Trinajstić information content (AvgIpc) is 2.88. The molecule has 2 fully saturated rings. The molecule has 204 valence electrons. The number of amides is 2. The molecule has 3 atom stereocenters. The van der Waals surface area contributed by atoms with Crippen LogP contribution in [0.15, 0.2) is 24.3 Å². The number of hydrogen-bond donors (Lipinski definition) is 3. The Balaban J connectivity index is 1.67. The SMILES string of the molecule is CNCC(CC1CCC(F)CC1)NC(=O)N1CCCC(C(O)(CCCCOC)c2ccccc2F)C1. The van der Waals surface area contributed by atoms with Crippen molar-refractivity contribution >= 4 is 6.03 Å². The number of urea groups is 1. The minimum atomic E-state index is -1.35. The Morgan fingerprint density at radius 2 is 1.97 bits per heavy atom. The maximum absolute atomic E-state index is 14.9. The predicted octanol–water partition coefficient (Wildman–Crippen LogP) is 4.76. The van der Waals surface area contributed by atoms with E-state index < -0.39 is 17.6 Å². The molecule has 1 saturated carbocycles. The number of hydrogen-bond acceptors (Lipinski definition) is 4. The van der Waals surface area contributed by atoms with Crippen molar-refractivity contribution in [3.05, 3.63) is 35.6 Å². The summed E-state index contributed by atoms with van der Waals surface area (Å²) in [7, 11) is 3.51. The topological polar surface area (TPSA) is 73.8 Å². The molecule has 0 spiro atoms. The van der Waals surface area contributed by atoms with Gasteiger partial charge < -0.3 is 25.4 Å². The van der Waals surface area contributed by atoms with Gasteiger partial charge in [0, 0.05) is 50.9 Å². The van der Waals surface area contributed by atoms with E-state index in [0.717, 1.165) is 38.5 Å². The second-order valence-corrected chi connectivity index (χ2v) is 10.7. The zero-order chi connectivity index (χ0) is 26.0. The van der Waals surface area contributed by atoms with Crippen LogP contribution in [0.3, 0.4) is 0 Å². The number of alkyl halides is 1. The van der Waals surface area contributed by atoms with Gasteiger partial charge in [-0.05, 0) is 83.2 Å². The highest BCUT2D eigenvalue weighted by Crippen LogP contribution is 2.41. The van der Waals surface area contributed by atoms with E-state index in [1.807, 2.05) is 7.05 Å². The number of ether oxygens (including phenoxy) is 1. The number of nitrogens with one attached hydrogen (secondary N) is 2. The van der Waals surface area contributed by atoms with E-state index in [4.69, 9.17) is 4.74 Å². The Labute approximate surface area is 215 Å². The fraction of sp³-hybridized carbons (Fsp3) is 0.750. The Hall–Kier alpha value is -1.77. The van der Waals surface area contributed by atoms with Crippen molar-refractivity contribution in [1.82, 2.24) is 15.5 Å². The maximum Gasteiger partial charge on any atom is 0.317 e. The fourth-order valence-corrected chi connectivity index (χ4v) is 6.03. The number of benzene rings is 1. The molecule has 3 rings (SSSR count). The van der Waals surface area contributed by atoms with E-state index in [2.05, 4.69) is 10.6 Å². The third-order valence-electron chi connectivity index (χ3n) is 8.05. The first-order valence-corrected chi connectivity index (χ1v) is 13.7. The Morgan fingerprint density at radius 3 is 2.67 bits per heavy atom. The number of aliphatic hydroxyl groups is 1. The fourth-order valence-electron chi connectivity index (χ4n) is 6.03. The van der Waals surface area contributed by atoms with Crippen LogP contribution in [0.25, 0.3) is 0 Å². The number of nitrogens with zero attached hydrogens (tertiary/aromatic N) is 1. The minimum Gasteiger partial charge on any atom is -0.385 e. The molecule has 3 unspecified atom stereocenters. The molecule has 1 heterocycles. The number of unbranched alkanes of at least 4 members (excludes halogenated alkanes) is 1. The van der Waals surface area contributed by atoms with Gasteiger partial charge in [-0.3, -0.25) is 0 Å². The van der Waals surface area contributed by atoms with Gasteiger partial charge in [0.05, 0.1) is 5.60 Å². The summed E-state index contributed by atoms with van der Waals surface area (Å²) in [6, 6.07) is 6.26. The molecule has 1 aromatic rings. The Bertz CT molecular complexity index is 806. The van der Waals surface area contributed by atoms with Gasteiger partial charge in [-0.1, -0.05) is 18.2 Å². The summed E-state index contributed by atoms with van der Waals surface area (Å²) < 4.78 is 33.6. The second-order valence-electron chi connectivity index (χ2n) is 10.7. The summed E-state index contributed by atoms with van der Waals surface area (Å²) >= 11 is 0. The van der Waals surface area contributed by atoms with Gasteiger partial charge in [-0.15, -0.1) is 0 Å². The van der Waals surface area contributed by atoms with Crippen LogP contribution in [0.2, 0.25) is 0 Å². The highest BCUT2D eigenvalue weighted by atomic mass is 19.1. The largest absolute Gasteiger partial charge is 0.385 e. The third-order valence-corrected chi connectivity index (χ3v) is 8.05. The van der Waals surface area contributed by atoms with Crippen LogP contribution < -0.4 is 10.6 Å². The molecule has 1 aromatic carbocycles. The van der Waals surface area contributed by atoms with Crippen LogP contribution in [-0.4, -0.2) is 68.6 Å². The number of carbonyl (C=O) groups excluding carboxylic acids is 1. The number of piperidine rings is 1. The molecule has 2 aliphatic rings. The van der Waals surface area contributed by atoms with E-state index in [9.17, 15) is 18.7 Å². The zero-order valence-corrected chi connectivity index (χ0v) is 22.0. The number of likely N-dealkylation sites (tertiary alicyclic amines) is 1. The van der Waals surface area contributed by atoms with Crippen molar-refractivity contribution in [2.24, 2.45) is 11.8 Å². The second kappa shape index (κ2) is 14.2. The standard InChI is InChI=1S/C28H45F2N3O3/c1-31-19-24(18-21-11-13-23(29)14-12-21)32-27(34)33-16-7-8-22(20-33)28(35,15-5-6-17-36-2)25-9-3-4-10-26(25)30/h3-4,9-10,21-24,31,35H,5-8,11-20H2,1-2H3,(H,32,34). The first kappa shape index (κ1) is 28.8. The molecule has 1 aliphatic heterocycles. The molecule has 0 aromatic heterocycles. The summed E-state index contributed by atoms with van der Waals surface area (Å²) in [6.45, 7) is 2.22. The van der Waals surface area contributed by atoms with E-state index in [0.29, 0.717) is 63.4 Å². The van der Waals surface area contributed by atoms with Crippen molar-refractivity contribution in [2.45, 2.75) is 82.0 Å². The summed E-state index contributed by atoms with van der Waals surface area (Å²) in [5.74, 6) is -0.257. The molecule has 6 nitrogen and oxygen atoms in total. The molecule has 1 saturated heterocycles. The van der Waals surface area contributed by atoms with E-state index in [1.165, 1.54) is 6.07 Å². The molecular formula is C28H45F2N3O3. The van der Waals surface area contributed by atoms with Crippen LogP contribution in [0.4, 0.5) is 13.6 Å². The van der Waals surface area contributed by atoms with E-state index >= 15 is 0 Å². The van der Waals surface area contributed by atoms with Crippen LogP contribution in [0, 0.1) is 17.7 Å². The number of halogens is 2. The molecular weight excluding hydrogens is 464 g/mol. The molecule has 2 amide bonds. The van der Waals surface area contributed by atoms with Crippen LogP contribution in [-0.2, 0) is 10.3 Å². The summed E-state index contributed by atoms with van der Waals surface area (Å²) in [4.78, 5) is 15.1. The van der Waals surface area contributed by atoms with Crippen molar-refractivity contribution in [1.29, 1.82) is 0 Å². The smallest absolute Gasteiger partial charge is 0.317 e. The summed E-state index contributed by atoms with van der Waals surface area (Å²) in [5.41, 5.74) is -1.04. The van der Waals surface area contributed by atoms with Crippen molar-refractivity contribution < 1.29 is 23.4 Å². The highest BCUT2D eigenvalue weighted by Gasteiger charge is 2.42. The van der Waals surface area contributed by atoms with Gasteiger partial charge in [0.15, 0.2) is 0 Å². The molecule has 0 bridgehead atoms. The lowest BCUT2D eigenvalue weighted by molar-refractivity contribution is -0.0587. The quantitative estimate of drug-likeness (QED) is 0.355. The van der Waals surface area contributed by atoms with Crippen molar-refractivity contribution in [3.8, 4) is 0 Å². The van der Waals surface area contributed by atoms with Crippen molar-refractivity contribution in [2.75, 3.05) is 40.4 Å². The first-order valence-electron chi connectivity index (χ1n) is 13.7. The highest BCUT2D eigenvalue weighted by molar-refractivity contribution is 5.74. The van der Waals surface area contributed by atoms with Gasteiger partial charge in [0.1, 0.15) is 12.0 Å². The van der Waals surface area contributed by atoms with E-state index in [1.54, 1.807) is 30.2 Å². The number of rotatable bonds is 12. The first-order chi connectivity index (χ1) is 17.4. The third kappa shape index (κ3) is 7.86. The zero-order valence-electron chi connectivity index (χ0n) is 22.0. The van der Waals surface area contributed by atoms with Crippen LogP contribution >= 0.6 is 0 Å². The van der Waals surface area contributed by atoms with Gasteiger partial charge >= 0.3 is 6.03 Å². The lowest BCUT2D eigenvalue weighted by atomic mass is 9.74. The van der Waals surface area contributed by atoms with Crippen LogP contribution in [0.5, 0.6) is 0 Å². The van der Waals surface area contributed by atoms with E-state index in [-0.39, 0.29) is 18.0 Å². The monoisotopic (exact) mass is 509 g/mol. The van der Waals surface area contributed by atoms with Crippen molar-refractivity contribution in [3.63, 3.8) is 0 Å². The predicted molar refractivity (Wildman–Crippen MR) is 138 cm³/mol. The molecule has 8 heteroatoms. The Kier molecular flexibility index (Phi) is 11.4. The minimum absolute atomic E-state index is 0.0384. The summed E-state index contributed by atoms with van der Waals surface area (Å²) in [6.07, 6.45) is 6.46. The molecule has 3 N–H and O–H groups in total. The Morgan fingerprint density at radius 1 is 1.22 bits per heavy atom. The molecule has 36 heavy (non-hydrogen) atoms. The normalized spacial score (nSPS) is 25.2. The lowest BCUT2D eigenvalue weighted by Gasteiger charge is -2.43. The molecule has 1 aliphatic carbocycles. The number of likely N-dealkylation sites (N-methyl/N-ethyl adjacent to an activating group) is 1. The summed E-state index contributed by atoms with van der Waals surface area (Å²) in [5, 5.41) is 18.3. The van der Waals surface area contributed by atoms with Gasteiger partial charge in [0.25, 0.3) is 0 Å². The average molecular weight is 510 g/mol. The maximum atomic E-state index is 14.9. The number of carbonyl (C=O) groups is 1. The molecule has 0 radical (unpaired) electrons.